The van der Waals surface area contributed by atoms with Crippen LogP contribution >= 0.6 is 12.4 Å². The van der Waals surface area contributed by atoms with Crippen molar-refractivity contribution in [2.45, 2.75) is 32.0 Å². The van der Waals surface area contributed by atoms with E-state index in [0.29, 0.717) is 31.5 Å². The fourth-order valence-electron chi connectivity index (χ4n) is 3.22. The number of nitrogens with zero attached hydrogens (tertiary/aromatic N) is 1. The maximum atomic E-state index is 13.5. The van der Waals surface area contributed by atoms with Crippen molar-refractivity contribution in [3.63, 3.8) is 0 Å². The fraction of sp³-hybridized carbons (Fsp3) is 0.333. The summed E-state index contributed by atoms with van der Waals surface area (Å²) in [5.41, 5.74) is 7.42. The minimum Gasteiger partial charge on any atom is -0.445 e. The number of nitrogens with two attached hydrogens (primary N) is 1. The summed E-state index contributed by atoms with van der Waals surface area (Å²) in [5.74, 6) is -0.816. The highest BCUT2D eigenvalue weighted by Crippen LogP contribution is 2.15. The Morgan fingerprint density at radius 3 is 2.48 bits per heavy atom. The van der Waals surface area contributed by atoms with E-state index in [-0.39, 0.29) is 49.2 Å². The lowest BCUT2D eigenvalue weighted by atomic mass is 10.0. The number of nitrogens with one attached hydrogen (secondary N) is 1. The Hall–Kier alpha value is -2.64. The predicted molar refractivity (Wildman–Crippen MR) is 110 cm³/mol. The third-order valence-electron chi connectivity index (χ3n) is 4.83. The summed E-state index contributed by atoms with van der Waals surface area (Å²) >= 11 is 0. The zero-order valence-corrected chi connectivity index (χ0v) is 16.8. The van der Waals surface area contributed by atoms with Gasteiger partial charge in [-0.1, -0.05) is 36.4 Å². The number of amides is 2. The van der Waals surface area contributed by atoms with Crippen molar-refractivity contribution in [3.8, 4) is 0 Å². The first kappa shape index (κ1) is 22.6. The maximum Gasteiger partial charge on any atom is 0.410 e. The topological polar surface area (TPSA) is 84.7 Å². The predicted octanol–water partition coefficient (Wildman–Crippen LogP) is 3.24. The Morgan fingerprint density at radius 2 is 1.83 bits per heavy atom. The molecule has 1 saturated heterocycles. The van der Waals surface area contributed by atoms with Crippen molar-refractivity contribution < 1.29 is 18.7 Å². The van der Waals surface area contributed by atoms with Crippen molar-refractivity contribution in [1.82, 2.24) is 10.2 Å². The highest BCUT2D eigenvalue weighted by molar-refractivity contribution is 5.95. The molecule has 0 bridgehead atoms. The van der Waals surface area contributed by atoms with E-state index in [1.54, 1.807) is 4.90 Å². The van der Waals surface area contributed by atoms with Crippen molar-refractivity contribution in [1.29, 1.82) is 0 Å². The zero-order valence-electron chi connectivity index (χ0n) is 16.0. The van der Waals surface area contributed by atoms with Crippen LogP contribution in [-0.4, -0.2) is 36.0 Å². The lowest BCUT2D eigenvalue weighted by Crippen LogP contribution is -2.46. The summed E-state index contributed by atoms with van der Waals surface area (Å²) in [5, 5.41) is 2.91. The second kappa shape index (κ2) is 10.8. The van der Waals surface area contributed by atoms with E-state index in [1.165, 1.54) is 18.2 Å². The van der Waals surface area contributed by atoms with E-state index < -0.39 is 5.82 Å². The molecule has 3 rings (SSSR count). The van der Waals surface area contributed by atoms with Gasteiger partial charge in [-0.3, -0.25) is 4.79 Å². The number of carbonyl (C=O) groups excluding carboxylic acids is 2. The van der Waals surface area contributed by atoms with E-state index in [4.69, 9.17) is 10.5 Å². The van der Waals surface area contributed by atoms with Crippen molar-refractivity contribution >= 4 is 24.4 Å². The Kier molecular flexibility index (Phi) is 8.42. The molecule has 8 heteroatoms. The van der Waals surface area contributed by atoms with E-state index >= 15 is 0 Å². The molecule has 1 aliphatic rings. The van der Waals surface area contributed by atoms with Crippen LogP contribution in [0.4, 0.5) is 9.18 Å². The van der Waals surface area contributed by atoms with Crippen LogP contribution in [0.3, 0.4) is 0 Å². The Labute approximate surface area is 175 Å². The molecule has 2 amide bonds. The molecule has 156 valence electrons. The van der Waals surface area contributed by atoms with Gasteiger partial charge in [-0.25, -0.2) is 9.18 Å². The Morgan fingerprint density at radius 1 is 1.14 bits per heavy atom. The molecule has 3 N–H and O–H groups in total. The number of carbonyl (C=O) groups is 2. The molecule has 29 heavy (non-hydrogen) atoms. The minimum absolute atomic E-state index is 0. The lowest BCUT2D eigenvalue weighted by molar-refractivity contribution is 0.0808. The number of piperidine rings is 1. The van der Waals surface area contributed by atoms with Crippen LogP contribution in [0.5, 0.6) is 0 Å². The average Bonchev–Trinajstić information content (AvgIpc) is 2.73. The third-order valence-corrected chi connectivity index (χ3v) is 4.83. The Bertz CT molecular complexity index is 827. The highest BCUT2D eigenvalue weighted by Gasteiger charge is 2.25. The Balaban J connectivity index is 0.00000300. The molecule has 0 unspecified atom stereocenters. The summed E-state index contributed by atoms with van der Waals surface area (Å²) in [4.78, 5) is 26.3. The molecule has 2 aromatic rings. The molecule has 0 aliphatic carbocycles. The number of benzene rings is 2. The molecular weight excluding hydrogens is 397 g/mol. The number of rotatable bonds is 5. The summed E-state index contributed by atoms with van der Waals surface area (Å²) in [7, 11) is 0. The smallest absolute Gasteiger partial charge is 0.410 e. The zero-order chi connectivity index (χ0) is 19.9. The molecule has 0 aromatic heterocycles. The van der Waals surface area contributed by atoms with Crippen LogP contribution in [0.15, 0.2) is 48.5 Å². The minimum atomic E-state index is -0.474. The first-order valence-electron chi connectivity index (χ1n) is 9.32. The number of hydrogen-bond donors (Lipinski definition) is 2. The highest BCUT2D eigenvalue weighted by atomic mass is 35.5. The first-order chi connectivity index (χ1) is 13.6. The molecule has 0 radical (unpaired) electrons. The normalized spacial score (nSPS) is 14.1. The van der Waals surface area contributed by atoms with Gasteiger partial charge in [0.1, 0.15) is 12.4 Å². The molecule has 1 aliphatic heterocycles. The van der Waals surface area contributed by atoms with Gasteiger partial charge in [-0.2, -0.15) is 0 Å². The van der Waals surface area contributed by atoms with Crippen molar-refractivity contribution in [3.05, 3.63) is 71.0 Å². The number of hydrogen-bond acceptors (Lipinski definition) is 4. The van der Waals surface area contributed by atoms with Gasteiger partial charge in [0.25, 0.3) is 5.91 Å². The quantitative estimate of drug-likeness (QED) is 0.776. The standard InChI is InChI=1S/C21H24FN3O3.ClH/c22-17-7-6-16(13-23)19(12-17)20(26)24-18-8-10-25(11-9-18)21(27)28-14-15-4-2-1-3-5-15;/h1-7,12,18H,8-11,13-14,23H2,(H,24,26);1H. The molecule has 1 heterocycles. The SMILES string of the molecule is Cl.NCc1ccc(F)cc1C(=O)NC1CCN(C(=O)OCc2ccccc2)CC1. The van der Waals surface area contributed by atoms with Gasteiger partial charge in [0.15, 0.2) is 0 Å². The molecule has 0 spiro atoms. The van der Waals surface area contributed by atoms with Gasteiger partial charge in [-0.15, -0.1) is 12.4 Å². The van der Waals surface area contributed by atoms with Gasteiger partial charge in [0.2, 0.25) is 0 Å². The van der Waals surface area contributed by atoms with Crippen molar-refractivity contribution in [2.24, 2.45) is 5.73 Å². The third kappa shape index (κ3) is 6.17. The van der Waals surface area contributed by atoms with Crippen molar-refractivity contribution in [2.75, 3.05) is 13.1 Å². The number of ether oxygens (including phenoxy) is 1. The molecule has 0 saturated carbocycles. The van der Waals surface area contributed by atoms with E-state index in [1.807, 2.05) is 30.3 Å². The molecule has 6 nitrogen and oxygen atoms in total. The van der Waals surface area contributed by atoms with Crippen LogP contribution < -0.4 is 11.1 Å². The van der Waals surface area contributed by atoms with Gasteiger partial charge in [0.05, 0.1) is 0 Å². The van der Waals surface area contributed by atoms with Gasteiger partial charge < -0.3 is 20.7 Å². The molecule has 0 atom stereocenters. The monoisotopic (exact) mass is 421 g/mol. The average molecular weight is 422 g/mol. The number of halogens is 2. The second-order valence-electron chi connectivity index (χ2n) is 6.78. The molecule has 2 aromatic carbocycles. The van der Waals surface area contributed by atoms with Crippen LogP contribution in [0.1, 0.15) is 34.3 Å². The van der Waals surface area contributed by atoms with E-state index in [2.05, 4.69) is 5.32 Å². The second-order valence-corrected chi connectivity index (χ2v) is 6.78. The first-order valence-corrected chi connectivity index (χ1v) is 9.32. The van der Waals surface area contributed by atoms with Gasteiger partial charge in [-0.05, 0) is 36.1 Å². The van der Waals surface area contributed by atoms with Crippen LogP contribution in [0.25, 0.3) is 0 Å². The van der Waals surface area contributed by atoms with Crippen LogP contribution in [0.2, 0.25) is 0 Å². The van der Waals surface area contributed by atoms with E-state index in [9.17, 15) is 14.0 Å². The van der Waals surface area contributed by atoms with Crippen LogP contribution in [-0.2, 0) is 17.9 Å². The summed E-state index contributed by atoms with van der Waals surface area (Å²) < 4.78 is 18.8. The summed E-state index contributed by atoms with van der Waals surface area (Å²) in [6.07, 6.45) is 0.864. The number of likely N-dealkylation sites (tertiary alicyclic amines) is 1. The maximum absolute atomic E-state index is 13.5. The van der Waals surface area contributed by atoms with Gasteiger partial charge in [0, 0.05) is 31.2 Å². The molecule has 1 fully saturated rings. The molecular formula is C21H25ClFN3O3. The van der Waals surface area contributed by atoms with Gasteiger partial charge >= 0.3 is 6.09 Å². The summed E-state index contributed by atoms with van der Waals surface area (Å²) in [6, 6.07) is 13.4. The van der Waals surface area contributed by atoms with Crippen LogP contribution in [0, 0.1) is 5.82 Å². The summed E-state index contributed by atoms with van der Waals surface area (Å²) in [6.45, 7) is 1.38. The fourth-order valence-corrected chi connectivity index (χ4v) is 3.22. The lowest BCUT2D eigenvalue weighted by Gasteiger charge is -2.31. The largest absolute Gasteiger partial charge is 0.445 e. The van der Waals surface area contributed by atoms with E-state index in [0.717, 1.165) is 5.56 Å².